The molecular formula is C47H71NO9. The maximum absolute atomic E-state index is 10.8. The summed E-state index contributed by atoms with van der Waals surface area (Å²) < 4.78 is 11.1. The zero-order valence-electron chi connectivity index (χ0n) is 34.7. The average Bonchev–Trinajstić information content (AvgIpc) is 3.69. The summed E-state index contributed by atoms with van der Waals surface area (Å²) in [4.78, 5) is 10.8. The first-order valence-corrected chi connectivity index (χ1v) is 21.9. The van der Waals surface area contributed by atoms with E-state index < -0.39 is 5.97 Å². The Morgan fingerprint density at radius 2 is 1.18 bits per heavy atom. The molecule has 0 saturated heterocycles. The molecule has 0 aromatic heterocycles. The molecule has 0 aliphatic heterocycles. The zero-order valence-corrected chi connectivity index (χ0v) is 34.7. The molecule has 2 fully saturated rings. The van der Waals surface area contributed by atoms with Crippen LogP contribution in [-0.2, 0) is 30.5 Å². The number of aliphatic hydroxyl groups excluding tert-OH is 5. The van der Waals surface area contributed by atoms with Crippen LogP contribution in [0.25, 0.3) is 0 Å². The van der Waals surface area contributed by atoms with Crippen LogP contribution in [-0.4, -0.2) is 81.3 Å². The number of nitrogens with zero attached hydrogens (tertiary/aromatic N) is 1. The van der Waals surface area contributed by atoms with E-state index in [1.165, 1.54) is 29.5 Å². The Morgan fingerprint density at radius 1 is 0.719 bits per heavy atom. The van der Waals surface area contributed by atoms with E-state index in [4.69, 9.17) is 24.9 Å². The molecule has 2 saturated carbocycles. The van der Waals surface area contributed by atoms with Gasteiger partial charge in [-0.25, -0.2) is 4.79 Å². The number of hydrogen-bond acceptors (Lipinski definition) is 9. The molecule has 0 bridgehead atoms. The molecule has 57 heavy (non-hydrogen) atoms. The van der Waals surface area contributed by atoms with E-state index in [0.29, 0.717) is 29.4 Å². The Balaban J connectivity index is 0.000000242. The summed E-state index contributed by atoms with van der Waals surface area (Å²) in [5, 5.41) is 66.6. The second kappa shape index (κ2) is 24.0. The maximum Gasteiger partial charge on any atom is 0.341 e. The standard InChI is InChI=1S/C23H33NO3.C23H34O5.CH4O/c1-2-3-4-7-18(25)9-10-19-20-13-16-6-5-8-23(27-12-11-24)21(16)14-17(20)15-22(19)26;1-2-3-4-7-17(24)9-10-18-19-11-15-6-5-8-22(28-14-23(26)27)20(15)12-16(19)13-21(18)25;1-2/h5-6,8,17-20,22,25-26H,2-4,7,9-10,12-15H2,1H3;5-6,8,16-19,21,24-25H,2-4,7,9-14H2,1H3,(H,26,27);2H,1H3/t17-,18+,19+,20-,22+;16-,17+,18+,19-,21+;/m00./s1. The monoisotopic (exact) mass is 794 g/mol. The number of aliphatic hydroxyl groups is 5. The number of hydrogen-bond donors (Lipinski definition) is 6. The molecule has 0 unspecified atom stereocenters. The number of aliphatic carboxylic acids is 1. The topological polar surface area (TPSA) is 181 Å². The minimum atomic E-state index is -0.972. The van der Waals surface area contributed by atoms with Crippen molar-refractivity contribution in [1.82, 2.24) is 0 Å². The van der Waals surface area contributed by atoms with Crippen LogP contribution >= 0.6 is 0 Å². The van der Waals surface area contributed by atoms with Gasteiger partial charge < -0.3 is 40.1 Å². The van der Waals surface area contributed by atoms with Gasteiger partial charge in [-0.1, -0.05) is 76.6 Å². The van der Waals surface area contributed by atoms with Gasteiger partial charge in [0.2, 0.25) is 0 Å². The van der Waals surface area contributed by atoms with Crippen LogP contribution in [0.3, 0.4) is 0 Å². The van der Waals surface area contributed by atoms with Crippen molar-refractivity contribution < 1.29 is 44.9 Å². The molecule has 0 heterocycles. The summed E-state index contributed by atoms with van der Waals surface area (Å²) >= 11 is 0. The molecule has 10 nitrogen and oxygen atoms in total. The van der Waals surface area contributed by atoms with Gasteiger partial charge in [0.25, 0.3) is 0 Å². The molecule has 10 atom stereocenters. The van der Waals surface area contributed by atoms with E-state index >= 15 is 0 Å². The number of carboxylic acids is 1. The number of ether oxygens (including phenoxy) is 2. The summed E-state index contributed by atoms with van der Waals surface area (Å²) in [6, 6.07) is 14.0. The van der Waals surface area contributed by atoms with Crippen LogP contribution in [0.15, 0.2) is 36.4 Å². The molecule has 0 amide bonds. The summed E-state index contributed by atoms with van der Waals surface area (Å²) in [5.74, 6) is 2.84. The third-order valence-corrected chi connectivity index (χ3v) is 13.3. The molecule has 6 rings (SSSR count). The Labute approximate surface area is 341 Å². The van der Waals surface area contributed by atoms with E-state index in [1.54, 1.807) is 0 Å². The molecule has 0 radical (unpaired) electrons. The van der Waals surface area contributed by atoms with Crippen LogP contribution in [0.2, 0.25) is 0 Å². The normalized spacial score (nSPS) is 26.4. The van der Waals surface area contributed by atoms with Gasteiger partial charge in [-0.15, -0.1) is 0 Å². The lowest BCUT2D eigenvalue weighted by atomic mass is 9.73. The first-order chi connectivity index (χ1) is 27.6. The van der Waals surface area contributed by atoms with Crippen LogP contribution in [0.1, 0.15) is 126 Å². The highest BCUT2D eigenvalue weighted by Gasteiger charge is 2.46. The maximum atomic E-state index is 10.8. The van der Waals surface area contributed by atoms with Crippen molar-refractivity contribution in [1.29, 1.82) is 5.26 Å². The largest absolute Gasteiger partial charge is 0.482 e. The smallest absolute Gasteiger partial charge is 0.341 e. The SMILES string of the molecule is CCCCC[C@@H](O)CC[C@@H]1[C@H]2Cc3cccc(OCC#N)c3C[C@H]2C[C@H]1O.CCCCC[C@@H](O)CC[C@@H]1[C@H]2Cc3cccc(OCC(=O)O)c3C[C@H]2C[C@H]1O.CO. The lowest BCUT2D eigenvalue weighted by molar-refractivity contribution is -0.139. The van der Waals surface area contributed by atoms with Gasteiger partial charge in [-0.2, -0.15) is 5.26 Å². The summed E-state index contributed by atoms with van der Waals surface area (Å²) in [7, 11) is 1.00. The van der Waals surface area contributed by atoms with E-state index in [1.807, 2.05) is 30.3 Å². The highest BCUT2D eigenvalue weighted by Crippen LogP contribution is 2.50. The highest BCUT2D eigenvalue weighted by atomic mass is 16.5. The predicted molar refractivity (Wildman–Crippen MR) is 221 cm³/mol. The first kappa shape index (κ1) is 46.5. The van der Waals surface area contributed by atoms with Crippen LogP contribution in [0, 0.1) is 46.8 Å². The molecule has 2 aromatic rings. The Hall–Kier alpha value is -3.20. The fourth-order valence-corrected chi connectivity index (χ4v) is 10.4. The highest BCUT2D eigenvalue weighted by molar-refractivity contribution is 5.68. The fourth-order valence-electron chi connectivity index (χ4n) is 10.4. The van der Waals surface area contributed by atoms with E-state index in [0.717, 1.165) is 121 Å². The average molecular weight is 794 g/mol. The third-order valence-electron chi connectivity index (χ3n) is 13.3. The summed E-state index contributed by atoms with van der Waals surface area (Å²) in [6.45, 7) is 4.09. The first-order valence-electron chi connectivity index (χ1n) is 21.9. The van der Waals surface area contributed by atoms with Gasteiger partial charge in [0, 0.05) is 7.11 Å². The molecule has 318 valence electrons. The van der Waals surface area contributed by atoms with Gasteiger partial charge in [0.15, 0.2) is 13.2 Å². The lowest BCUT2D eigenvalue weighted by Crippen LogP contribution is -2.28. The van der Waals surface area contributed by atoms with Gasteiger partial charge in [0.05, 0.1) is 24.4 Å². The number of carbonyl (C=O) groups is 1. The Bertz CT molecular complexity index is 1540. The van der Waals surface area contributed by atoms with Gasteiger partial charge >= 0.3 is 5.97 Å². The lowest BCUT2D eigenvalue weighted by Gasteiger charge is -2.32. The van der Waals surface area contributed by atoms with Crippen molar-refractivity contribution in [2.45, 2.75) is 154 Å². The van der Waals surface area contributed by atoms with Crippen LogP contribution in [0.5, 0.6) is 11.5 Å². The van der Waals surface area contributed by atoms with Crippen molar-refractivity contribution >= 4 is 5.97 Å². The fraction of sp³-hybridized carbons (Fsp3) is 0.702. The minimum absolute atomic E-state index is 0.0751. The van der Waals surface area contributed by atoms with Crippen molar-refractivity contribution in [2.75, 3.05) is 20.3 Å². The second-order valence-electron chi connectivity index (χ2n) is 17.0. The van der Waals surface area contributed by atoms with E-state index in [2.05, 4.69) is 26.0 Å². The number of carboxylic acid groups (broad SMARTS) is 1. The molecule has 2 aromatic carbocycles. The molecule has 6 N–H and O–H groups in total. The third kappa shape index (κ3) is 13.1. The van der Waals surface area contributed by atoms with Gasteiger partial charge in [-0.3, -0.25) is 0 Å². The van der Waals surface area contributed by atoms with Crippen LogP contribution < -0.4 is 9.47 Å². The number of unbranched alkanes of at least 4 members (excludes halogenated alkanes) is 4. The Morgan fingerprint density at radius 3 is 1.60 bits per heavy atom. The molecule has 10 heteroatoms. The summed E-state index contributed by atoms with van der Waals surface area (Å²) in [6.07, 6.45) is 16.1. The second-order valence-corrected chi connectivity index (χ2v) is 17.0. The van der Waals surface area contributed by atoms with Gasteiger partial charge in [0.1, 0.15) is 17.6 Å². The molecular weight excluding hydrogens is 723 g/mol. The van der Waals surface area contributed by atoms with E-state index in [-0.39, 0.29) is 49.5 Å². The minimum Gasteiger partial charge on any atom is -0.482 e. The molecule has 4 aliphatic rings. The van der Waals surface area contributed by atoms with Crippen molar-refractivity contribution in [2.24, 2.45) is 35.5 Å². The van der Waals surface area contributed by atoms with Gasteiger partial charge in [-0.05, 0) is 147 Å². The quantitative estimate of drug-likeness (QED) is 0.0796. The Kier molecular flexibility index (Phi) is 19.6. The zero-order chi connectivity index (χ0) is 41.3. The molecule has 0 spiro atoms. The number of fused-ring (bicyclic) bond motifs is 4. The van der Waals surface area contributed by atoms with E-state index in [9.17, 15) is 25.2 Å². The van der Waals surface area contributed by atoms with Crippen molar-refractivity contribution in [3.63, 3.8) is 0 Å². The van der Waals surface area contributed by atoms with Crippen molar-refractivity contribution in [3.05, 3.63) is 58.7 Å². The van der Waals surface area contributed by atoms with Crippen LogP contribution in [0.4, 0.5) is 0 Å². The number of benzene rings is 2. The summed E-state index contributed by atoms with van der Waals surface area (Å²) in [5.41, 5.74) is 4.85. The number of rotatable bonds is 19. The predicted octanol–water partition coefficient (Wildman–Crippen LogP) is 7.21. The van der Waals surface area contributed by atoms with Crippen molar-refractivity contribution in [3.8, 4) is 17.6 Å². The molecule has 4 aliphatic carbocycles. The number of nitriles is 1.